The van der Waals surface area contributed by atoms with Crippen molar-refractivity contribution in [3.8, 4) is 0 Å². The number of benzene rings is 1. The number of Topliss-reactive ketones (excluding diaryl/α,β-unsaturated/α-hetero) is 1. The fourth-order valence-electron chi connectivity index (χ4n) is 2.81. The third-order valence-electron chi connectivity index (χ3n) is 4.18. The van der Waals surface area contributed by atoms with Gasteiger partial charge in [0.15, 0.2) is 5.78 Å². The minimum absolute atomic E-state index is 0.305. The Hall–Kier alpha value is -1.57. The smallest absolute Gasteiger partial charge is 0.165 e. The Morgan fingerprint density at radius 2 is 2.22 bits per heavy atom. The Morgan fingerprint density at radius 1 is 1.39 bits per heavy atom. The lowest BCUT2D eigenvalue weighted by Gasteiger charge is -2.24. The fraction of sp³-hybridized carbons (Fsp3) is 0.438. The number of aryl methyl sites for hydroxylation is 1. The zero-order valence-electron chi connectivity index (χ0n) is 10.8. The van der Waals surface area contributed by atoms with E-state index < -0.39 is 0 Å². The maximum absolute atomic E-state index is 12.3. The summed E-state index contributed by atoms with van der Waals surface area (Å²) in [6, 6.07) is 6.23. The minimum atomic E-state index is 0.305. The van der Waals surface area contributed by atoms with E-state index in [1.807, 2.05) is 6.20 Å². The Morgan fingerprint density at radius 3 is 2.89 bits per heavy atom. The standard InChI is InChI=1S/C16H19NO/c1-2-12-7-4-8-13-14(10-17-16(12)13)15(18)9-11-5-3-6-11/h4,7-8,10-11,17H,2-3,5-6,9H2,1H3. The van der Waals surface area contributed by atoms with Crippen LogP contribution >= 0.6 is 0 Å². The molecule has 94 valence electrons. The summed E-state index contributed by atoms with van der Waals surface area (Å²) in [5, 5.41) is 1.10. The number of hydrogen-bond acceptors (Lipinski definition) is 1. The maximum atomic E-state index is 12.3. The zero-order valence-corrected chi connectivity index (χ0v) is 10.8. The molecule has 2 nitrogen and oxygen atoms in total. The molecule has 3 rings (SSSR count). The van der Waals surface area contributed by atoms with Crippen molar-refractivity contribution >= 4 is 16.7 Å². The van der Waals surface area contributed by atoms with Crippen molar-refractivity contribution in [3.63, 3.8) is 0 Å². The molecule has 0 atom stereocenters. The van der Waals surface area contributed by atoms with E-state index in [9.17, 15) is 4.79 Å². The number of ketones is 1. The monoisotopic (exact) mass is 241 g/mol. The first-order valence-corrected chi connectivity index (χ1v) is 6.91. The first-order chi connectivity index (χ1) is 8.79. The van der Waals surface area contributed by atoms with Crippen molar-refractivity contribution in [2.45, 2.75) is 39.0 Å². The molecule has 2 aromatic rings. The Labute approximate surface area is 107 Å². The van der Waals surface area contributed by atoms with Crippen LogP contribution in [0.2, 0.25) is 0 Å². The molecule has 1 aromatic carbocycles. The molecule has 1 saturated carbocycles. The highest BCUT2D eigenvalue weighted by Crippen LogP contribution is 2.32. The molecule has 1 fully saturated rings. The van der Waals surface area contributed by atoms with Gasteiger partial charge in [-0.05, 0) is 17.9 Å². The van der Waals surface area contributed by atoms with Crippen molar-refractivity contribution in [1.29, 1.82) is 0 Å². The molecular weight excluding hydrogens is 222 g/mol. The van der Waals surface area contributed by atoms with E-state index in [4.69, 9.17) is 0 Å². The van der Waals surface area contributed by atoms with Gasteiger partial charge in [0.1, 0.15) is 0 Å². The van der Waals surface area contributed by atoms with Gasteiger partial charge in [-0.15, -0.1) is 0 Å². The third-order valence-corrected chi connectivity index (χ3v) is 4.18. The summed E-state index contributed by atoms with van der Waals surface area (Å²) in [5.41, 5.74) is 3.30. The van der Waals surface area contributed by atoms with Crippen molar-refractivity contribution in [2.75, 3.05) is 0 Å². The number of hydrogen-bond donors (Lipinski definition) is 1. The van der Waals surface area contributed by atoms with E-state index in [0.29, 0.717) is 11.7 Å². The van der Waals surface area contributed by atoms with Gasteiger partial charge in [-0.3, -0.25) is 4.79 Å². The van der Waals surface area contributed by atoms with E-state index in [1.54, 1.807) is 0 Å². The van der Waals surface area contributed by atoms with Gasteiger partial charge in [0.05, 0.1) is 0 Å². The van der Waals surface area contributed by atoms with Gasteiger partial charge in [-0.25, -0.2) is 0 Å². The molecule has 0 saturated heterocycles. The van der Waals surface area contributed by atoms with Crippen LogP contribution in [0.1, 0.15) is 48.5 Å². The predicted octanol–water partition coefficient (Wildman–Crippen LogP) is 4.10. The number of para-hydroxylation sites is 1. The predicted molar refractivity (Wildman–Crippen MR) is 74.0 cm³/mol. The molecular formula is C16H19NO. The normalized spacial score (nSPS) is 15.8. The lowest BCUT2D eigenvalue weighted by atomic mass is 9.81. The van der Waals surface area contributed by atoms with Crippen LogP contribution in [0.4, 0.5) is 0 Å². The maximum Gasteiger partial charge on any atom is 0.165 e. The number of nitrogens with one attached hydrogen (secondary N) is 1. The van der Waals surface area contributed by atoms with Crippen LogP contribution in [0.5, 0.6) is 0 Å². The molecule has 1 heterocycles. The summed E-state index contributed by atoms with van der Waals surface area (Å²) in [7, 11) is 0. The summed E-state index contributed by atoms with van der Waals surface area (Å²) in [4.78, 5) is 15.6. The first-order valence-electron chi connectivity index (χ1n) is 6.91. The molecule has 18 heavy (non-hydrogen) atoms. The van der Waals surface area contributed by atoms with Crippen LogP contribution in [0.25, 0.3) is 10.9 Å². The Balaban J connectivity index is 1.94. The summed E-state index contributed by atoms with van der Waals surface area (Å²) in [5.74, 6) is 0.941. The number of rotatable bonds is 4. The summed E-state index contributed by atoms with van der Waals surface area (Å²) in [6.45, 7) is 2.14. The lowest BCUT2D eigenvalue weighted by molar-refractivity contribution is 0.0938. The molecule has 0 spiro atoms. The molecule has 1 aromatic heterocycles. The fourth-order valence-corrected chi connectivity index (χ4v) is 2.81. The van der Waals surface area contributed by atoms with Gasteiger partial charge < -0.3 is 4.98 Å². The van der Waals surface area contributed by atoms with Gasteiger partial charge in [-0.1, -0.05) is 44.4 Å². The molecule has 0 amide bonds. The second-order valence-corrected chi connectivity index (χ2v) is 5.32. The van der Waals surface area contributed by atoms with Crippen molar-refractivity contribution < 1.29 is 4.79 Å². The SMILES string of the molecule is CCc1cccc2c(C(=O)CC3CCC3)c[nH]c12. The Bertz CT molecular complexity index is 578. The van der Waals surface area contributed by atoms with Gasteiger partial charge in [0.25, 0.3) is 0 Å². The average Bonchev–Trinajstić information content (AvgIpc) is 2.77. The summed E-state index contributed by atoms with van der Waals surface area (Å²) < 4.78 is 0. The summed E-state index contributed by atoms with van der Waals surface area (Å²) in [6.07, 6.45) is 7.37. The van der Waals surface area contributed by atoms with E-state index >= 15 is 0 Å². The van der Waals surface area contributed by atoms with E-state index in [1.165, 1.54) is 24.8 Å². The molecule has 1 aliphatic carbocycles. The van der Waals surface area contributed by atoms with Crippen molar-refractivity contribution in [2.24, 2.45) is 5.92 Å². The zero-order chi connectivity index (χ0) is 12.5. The van der Waals surface area contributed by atoms with Crippen LogP contribution in [0.3, 0.4) is 0 Å². The molecule has 0 unspecified atom stereocenters. The highest BCUT2D eigenvalue weighted by Gasteiger charge is 2.22. The number of carbonyl (C=O) groups is 1. The molecule has 0 radical (unpaired) electrons. The van der Waals surface area contributed by atoms with Crippen LogP contribution < -0.4 is 0 Å². The van der Waals surface area contributed by atoms with Crippen LogP contribution in [-0.4, -0.2) is 10.8 Å². The quantitative estimate of drug-likeness (QED) is 0.803. The van der Waals surface area contributed by atoms with Crippen molar-refractivity contribution in [1.82, 2.24) is 4.98 Å². The summed E-state index contributed by atoms with van der Waals surface area (Å²) >= 11 is 0. The second-order valence-electron chi connectivity index (χ2n) is 5.32. The molecule has 0 bridgehead atoms. The highest BCUT2D eigenvalue weighted by molar-refractivity contribution is 6.08. The van der Waals surface area contributed by atoms with E-state index in [-0.39, 0.29) is 0 Å². The van der Waals surface area contributed by atoms with E-state index in [2.05, 4.69) is 30.1 Å². The van der Waals surface area contributed by atoms with Gasteiger partial charge >= 0.3 is 0 Å². The van der Waals surface area contributed by atoms with Crippen LogP contribution in [0, 0.1) is 5.92 Å². The van der Waals surface area contributed by atoms with E-state index in [0.717, 1.165) is 29.3 Å². The van der Waals surface area contributed by atoms with Gasteiger partial charge in [-0.2, -0.15) is 0 Å². The number of carbonyl (C=O) groups excluding carboxylic acids is 1. The number of fused-ring (bicyclic) bond motifs is 1. The Kier molecular flexibility index (Phi) is 2.94. The first kappa shape index (κ1) is 11.5. The topological polar surface area (TPSA) is 32.9 Å². The number of H-pyrrole nitrogens is 1. The van der Waals surface area contributed by atoms with Crippen LogP contribution in [0.15, 0.2) is 24.4 Å². The van der Waals surface area contributed by atoms with Crippen LogP contribution in [-0.2, 0) is 6.42 Å². The third kappa shape index (κ3) is 1.86. The molecule has 0 aliphatic heterocycles. The molecule has 1 N–H and O–H groups in total. The molecule has 2 heteroatoms. The largest absolute Gasteiger partial charge is 0.360 e. The highest BCUT2D eigenvalue weighted by atomic mass is 16.1. The number of aromatic nitrogens is 1. The average molecular weight is 241 g/mol. The lowest BCUT2D eigenvalue weighted by Crippen LogP contribution is -2.15. The minimum Gasteiger partial charge on any atom is -0.360 e. The van der Waals surface area contributed by atoms with Crippen molar-refractivity contribution in [3.05, 3.63) is 35.5 Å². The molecule has 1 aliphatic rings. The number of aromatic amines is 1. The van der Waals surface area contributed by atoms with Gasteiger partial charge in [0, 0.05) is 29.1 Å². The second kappa shape index (κ2) is 4.60. The van der Waals surface area contributed by atoms with Gasteiger partial charge in [0.2, 0.25) is 0 Å².